The van der Waals surface area contributed by atoms with Gasteiger partial charge in [-0.15, -0.1) is 0 Å². The smallest absolute Gasteiger partial charge is 0.240 e. The van der Waals surface area contributed by atoms with Gasteiger partial charge in [-0.25, -0.2) is 9.97 Å². The molecule has 2 aromatic rings. The Hall–Kier alpha value is -1.86. The molecule has 17 heavy (non-hydrogen) atoms. The average Bonchev–Trinajstić information content (AvgIpc) is 2.79. The molecule has 2 aromatic heterocycles. The molecule has 0 radical (unpaired) electrons. The van der Waals surface area contributed by atoms with Crippen LogP contribution in [0.1, 0.15) is 5.89 Å². The molecule has 0 spiro atoms. The van der Waals surface area contributed by atoms with Crippen molar-refractivity contribution in [2.75, 3.05) is 13.7 Å². The second-order valence-corrected chi connectivity index (χ2v) is 3.50. The molecule has 90 valence electrons. The van der Waals surface area contributed by atoms with Crippen LogP contribution in [0.25, 0.3) is 11.6 Å². The molecule has 0 aromatic carbocycles. The molecule has 0 aliphatic carbocycles. The summed E-state index contributed by atoms with van der Waals surface area (Å²) < 4.78 is 9.99. The van der Waals surface area contributed by atoms with Gasteiger partial charge in [0.1, 0.15) is 0 Å². The maximum atomic E-state index is 5.78. The Balaban J connectivity index is 2.06. The van der Waals surface area contributed by atoms with E-state index >= 15 is 0 Å². The summed E-state index contributed by atoms with van der Waals surface area (Å²) in [6.45, 7) is 0.444. The monoisotopic (exact) mass is 235 g/mol. The van der Waals surface area contributed by atoms with E-state index < -0.39 is 0 Å². The van der Waals surface area contributed by atoms with Crippen molar-refractivity contribution in [3.05, 3.63) is 24.4 Å². The molecule has 7 nitrogen and oxygen atoms in total. The van der Waals surface area contributed by atoms with E-state index in [4.69, 9.17) is 15.0 Å². The lowest BCUT2D eigenvalue weighted by Gasteiger charge is -2.05. The number of methoxy groups -OCH3 is 1. The zero-order chi connectivity index (χ0) is 12.1. The highest BCUT2D eigenvalue weighted by atomic mass is 16.5. The third-order valence-corrected chi connectivity index (χ3v) is 2.05. The van der Waals surface area contributed by atoms with E-state index in [9.17, 15) is 0 Å². The zero-order valence-corrected chi connectivity index (χ0v) is 9.41. The molecule has 2 rings (SSSR count). The summed E-state index contributed by atoms with van der Waals surface area (Å²) in [7, 11) is 1.59. The van der Waals surface area contributed by atoms with Crippen LogP contribution in [-0.2, 0) is 11.2 Å². The van der Waals surface area contributed by atoms with Gasteiger partial charge < -0.3 is 15.0 Å². The Morgan fingerprint density at radius 2 is 2.12 bits per heavy atom. The van der Waals surface area contributed by atoms with Gasteiger partial charge >= 0.3 is 0 Å². The summed E-state index contributed by atoms with van der Waals surface area (Å²) in [5, 5.41) is 3.79. The third-order valence-electron chi connectivity index (χ3n) is 2.05. The minimum Gasteiger partial charge on any atom is -0.383 e. The van der Waals surface area contributed by atoms with Crippen molar-refractivity contribution in [3.63, 3.8) is 0 Å². The molecule has 0 aliphatic heterocycles. The van der Waals surface area contributed by atoms with Gasteiger partial charge in [-0.3, -0.25) is 0 Å². The fraction of sp³-hybridized carbons (Fsp3) is 0.400. The average molecular weight is 235 g/mol. The number of hydrogen-bond donors (Lipinski definition) is 1. The van der Waals surface area contributed by atoms with Crippen LogP contribution in [0.4, 0.5) is 0 Å². The standard InChI is InChI=1S/C10H13N5O2/c1-16-6-7(11)5-8-14-10(15-17-8)9-12-3-2-4-13-9/h2-4,7H,5-6,11H2,1H3. The molecule has 0 saturated heterocycles. The van der Waals surface area contributed by atoms with Gasteiger partial charge in [0.2, 0.25) is 17.5 Å². The van der Waals surface area contributed by atoms with Crippen molar-refractivity contribution in [2.24, 2.45) is 5.73 Å². The lowest BCUT2D eigenvalue weighted by molar-refractivity contribution is 0.176. The number of hydrogen-bond acceptors (Lipinski definition) is 7. The van der Waals surface area contributed by atoms with Crippen molar-refractivity contribution in [3.8, 4) is 11.6 Å². The summed E-state index contributed by atoms with van der Waals surface area (Å²) in [5.41, 5.74) is 5.78. The molecule has 1 atom stereocenters. The Morgan fingerprint density at radius 1 is 1.35 bits per heavy atom. The van der Waals surface area contributed by atoms with Gasteiger partial charge in [-0.2, -0.15) is 4.98 Å². The number of aromatic nitrogens is 4. The summed E-state index contributed by atoms with van der Waals surface area (Å²) in [4.78, 5) is 12.2. The van der Waals surface area contributed by atoms with E-state index in [-0.39, 0.29) is 6.04 Å². The first-order valence-electron chi connectivity index (χ1n) is 5.14. The molecule has 2 N–H and O–H groups in total. The van der Waals surface area contributed by atoms with Crippen molar-refractivity contribution in [1.82, 2.24) is 20.1 Å². The first kappa shape index (κ1) is 11.6. The fourth-order valence-corrected chi connectivity index (χ4v) is 1.34. The quantitative estimate of drug-likeness (QED) is 0.781. The number of ether oxygens (including phenoxy) is 1. The summed E-state index contributed by atoms with van der Waals surface area (Å²) >= 11 is 0. The van der Waals surface area contributed by atoms with Gasteiger partial charge in [0.15, 0.2) is 0 Å². The van der Waals surface area contributed by atoms with E-state index in [0.717, 1.165) is 0 Å². The van der Waals surface area contributed by atoms with Gasteiger partial charge in [-0.05, 0) is 6.07 Å². The normalized spacial score (nSPS) is 12.6. The second-order valence-electron chi connectivity index (χ2n) is 3.50. The lowest BCUT2D eigenvalue weighted by atomic mass is 10.2. The minimum atomic E-state index is -0.162. The van der Waals surface area contributed by atoms with Gasteiger partial charge in [0, 0.05) is 32.0 Å². The Bertz CT molecular complexity index is 459. The summed E-state index contributed by atoms with van der Waals surface area (Å²) in [6.07, 6.45) is 3.71. The number of nitrogens with zero attached hydrogens (tertiary/aromatic N) is 4. The second kappa shape index (κ2) is 5.46. The van der Waals surface area contributed by atoms with Crippen LogP contribution >= 0.6 is 0 Å². The predicted molar refractivity (Wildman–Crippen MR) is 58.9 cm³/mol. The van der Waals surface area contributed by atoms with E-state index in [1.165, 1.54) is 0 Å². The molecular formula is C10H13N5O2. The SMILES string of the molecule is COCC(N)Cc1nc(-c2ncccn2)no1. The van der Waals surface area contributed by atoms with Crippen LogP contribution < -0.4 is 5.73 Å². The van der Waals surface area contributed by atoms with E-state index in [2.05, 4.69) is 20.1 Å². The number of nitrogens with two attached hydrogens (primary N) is 1. The van der Waals surface area contributed by atoms with Gasteiger partial charge in [0.05, 0.1) is 6.61 Å². The first-order chi connectivity index (χ1) is 8.29. The van der Waals surface area contributed by atoms with Crippen molar-refractivity contribution >= 4 is 0 Å². The van der Waals surface area contributed by atoms with Crippen LogP contribution in [-0.4, -0.2) is 39.9 Å². The molecule has 1 unspecified atom stereocenters. The summed E-state index contributed by atoms with van der Waals surface area (Å²) in [6, 6.07) is 1.56. The lowest BCUT2D eigenvalue weighted by Crippen LogP contribution is -2.28. The van der Waals surface area contributed by atoms with Crippen LogP contribution in [0.3, 0.4) is 0 Å². The number of rotatable bonds is 5. The molecule has 0 aliphatic rings. The van der Waals surface area contributed by atoms with E-state index in [0.29, 0.717) is 30.6 Å². The largest absolute Gasteiger partial charge is 0.383 e. The molecule has 2 heterocycles. The molecular weight excluding hydrogens is 222 g/mol. The Labute approximate surface area is 98.0 Å². The van der Waals surface area contributed by atoms with Crippen LogP contribution in [0, 0.1) is 0 Å². The highest BCUT2D eigenvalue weighted by Gasteiger charge is 2.13. The predicted octanol–water partition coefficient (Wildman–Crippen LogP) is 0.0428. The van der Waals surface area contributed by atoms with Crippen LogP contribution in [0.2, 0.25) is 0 Å². The Morgan fingerprint density at radius 3 is 2.82 bits per heavy atom. The van der Waals surface area contributed by atoms with Crippen LogP contribution in [0.15, 0.2) is 23.0 Å². The molecule has 7 heteroatoms. The summed E-state index contributed by atoms with van der Waals surface area (Å²) in [5.74, 6) is 1.25. The topological polar surface area (TPSA) is 100.0 Å². The van der Waals surface area contributed by atoms with E-state index in [1.807, 2.05) is 0 Å². The maximum absolute atomic E-state index is 5.78. The van der Waals surface area contributed by atoms with Crippen LogP contribution in [0.5, 0.6) is 0 Å². The van der Waals surface area contributed by atoms with Gasteiger partial charge in [-0.1, -0.05) is 5.16 Å². The molecule has 0 bridgehead atoms. The molecule has 0 fully saturated rings. The fourth-order valence-electron chi connectivity index (χ4n) is 1.34. The van der Waals surface area contributed by atoms with Crippen molar-refractivity contribution < 1.29 is 9.26 Å². The maximum Gasteiger partial charge on any atom is 0.240 e. The van der Waals surface area contributed by atoms with Gasteiger partial charge in [0.25, 0.3) is 0 Å². The molecule has 0 amide bonds. The Kier molecular flexibility index (Phi) is 3.73. The zero-order valence-electron chi connectivity index (χ0n) is 9.41. The highest BCUT2D eigenvalue weighted by molar-refractivity contribution is 5.40. The molecule has 0 saturated carbocycles. The first-order valence-corrected chi connectivity index (χ1v) is 5.14. The highest BCUT2D eigenvalue weighted by Crippen LogP contribution is 2.09. The minimum absolute atomic E-state index is 0.162. The van der Waals surface area contributed by atoms with Crippen molar-refractivity contribution in [1.29, 1.82) is 0 Å². The van der Waals surface area contributed by atoms with Crippen molar-refractivity contribution in [2.45, 2.75) is 12.5 Å². The third kappa shape index (κ3) is 3.05. The van der Waals surface area contributed by atoms with E-state index in [1.54, 1.807) is 25.6 Å².